The number of β-amino-alcohol motifs (C(OH)–C–C–N with tert-alkyl or cyclic N) is 1. The van der Waals surface area contributed by atoms with Crippen molar-refractivity contribution in [2.45, 2.75) is 38.4 Å². The van der Waals surface area contributed by atoms with Crippen LogP contribution >= 0.6 is 15.9 Å². The van der Waals surface area contributed by atoms with Gasteiger partial charge in [0.2, 0.25) is 0 Å². The van der Waals surface area contributed by atoms with Crippen LogP contribution < -0.4 is 0 Å². The molecule has 1 aliphatic heterocycles. The van der Waals surface area contributed by atoms with Gasteiger partial charge < -0.3 is 9.84 Å². The second-order valence-electron chi connectivity index (χ2n) is 5.97. The number of hydrogen-bond acceptors (Lipinski definition) is 5. The fourth-order valence-electron chi connectivity index (χ4n) is 2.07. The van der Waals surface area contributed by atoms with Gasteiger partial charge in [-0.05, 0) is 42.8 Å². The Bertz CT molecular complexity index is 532. The van der Waals surface area contributed by atoms with Crippen LogP contribution in [0.15, 0.2) is 22.9 Å². The first-order chi connectivity index (χ1) is 9.71. The van der Waals surface area contributed by atoms with E-state index in [9.17, 15) is 9.90 Å². The molecule has 6 nitrogen and oxygen atoms in total. The van der Waals surface area contributed by atoms with E-state index in [0.717, 1.165) is 5.06 Å². The van der Waals surface area contributed by atoms with Gasteiger partial charge in [0.15, 0.2) is 0 Å². The number of pyridine rings is 1. The summed E-state index contributed by atoms with van der Waals surface area (Å²) in [5.74, 6) is 0. The third-order valence-electron chi connectivity index (χ3n) is 3.03. The van der Waals surface area contributed by atoms with E-state index in [1.807, 2.05) is 0 Å². The maximum absolute atomic E-state index is 12.1. The Morgan fingerprint density at radius 3 is 2.90 bits per heavy atom. The number of rotatable bonds is 1. The molecule has 21 heavy (non-hydrogen) atoms. The molecule has 1 unspecified atom stereocenters. The van der Waals surface area contributed by atoms with Crippen LogP contribution in [0.5, 0.6) is 0 Å². The molecule has 0 spiro atoms. The molecule has 0 aliphatic carbocycles. The van der Waals surface area contributed by atoms with Crippen molar-refractivity contribution in [2.75, 3.05) is 13.2 Å². The number of aliphatic hydroxyl groups is 1. The monoisotopic (exact) mass is 358 g/mol. The normalized spacial score (nSPS) is 23.0. The fraction of sp³-hybridized carbons (Fsp3) is 0.571. The standard InChI is InChI=1S/C14H19BrN2O4/c1-13(2,3)21-12(18)17-9-14(19,6-8-20-17)10-5-4-7-16-11(10)15/h4-5,7,19H,6,8-9H2,1-3H3. The average molecular weight is 359 g/mol. The number of aromatic nitrogens is 1. The zero-order valence-corrected chi connectivity index (χ0v) is 13.9. The van der Waals surface area contributed by atoms with Crippen LogP contribution in [0.3, 0.4) is 0 Å². The molecule has 0 saturated carbocycles. The minimum absolute atomic E-state index is 0.00773. The first kappa shape index (κ1) is 16.2. The van der Waals surface area contributed by atoms with E-state index >= 15 is 0 Å². The second-order valence-corrected chi connectivity index (χ2v) is 6.72. The van der Waals surface area contributed by atoms with Gasteiger partial charge in [-0.1, -0.05) is 6.07 Å². The molecule has 1 N–H and O–H groups in total. The van der Waals surface area contributed by atoms with Gasteiger partial charge in [0.25, 0.3) is 0 Å². The van der Waals surface area contributed by atoms with Crippen molar-refractivity contribution in [1.29, 1.82) is 0 Å². The van der Waals surface area contributed by atoms with E-state index in [2.05, 4.69) is 20.9 Å². The van der Waals surface area contributed by atoms with E-state index in [0.29, 0.717) is 16.6 Å². The van der Waals surface area contributed by atoms with Crippen LogP contribution in [-0.2, 0) is 15.2 Å². The molecule has 1 fully saturated rings. The highest BCUT2D eigenvalue weighted by Gasteiger charge is 2.40. The maximum atomic E-state index is 12.1. The molecule has 1 atom stereocenters. The Kier molecular flexibility index (Phi) is 4.55. The minimum Gasteiger partial charge on any atom is -0.442 e. The minimum atomic E-state index is -1.22. The number of halogens is 1. The number of nitrogens with zero attached hydrogens (tertiary/aromatic N) is 2. The van der Waals surface area contributed by atoms with Crippen molar-refractivity contribution in [3.63, 3.8) is 0 Å². The molecule has 2 heterocycles. The summed E-state index contributed by atoms with van der Waals surface area (Å²) in [4.78, 5) is 21.5. The summed E-state index contributed by atoms with van der Waals surface area (Å²) in [6, 6.07) is 3.51. The highest BCUT2D eigenvalue weighted by atomic mass is 79.9. The largest absolute Gasteiger partial charge is 0.442 e. The maximum Gasteiger partial charge on any atom is 0.434 e. The summed E-state index contributed by atoms with van der Waals surface area (Å²) >= 11 is 3.33. The lowest BCUT2D eigenvalue weighted by Gasteiger charge is -2.39. The zero-order valence-electron chi connectivity index (χ0n) is 12.3. The van der Waals surface area contributed by atoms with E-state index in [1.165, 1.54) is 0 Å². The van der Waals surface area contributed by atoms with Crippen LogP contribution in [0.2, 0.25) is 0 Å². The quantitative estimate of drug-likeness (QED) is 0.781. The first-order valence-electron chi connectivity index (χ1n) is 6.68. The molecule has 1 aromatic rings. The van der Waals surface area contributed by atoms with Crippen molar-refractivity contribution >= 4 is 22.0 Å². The number of carbonyl (C=O) groups excluding carboxylic acids is 1. The van der Waals surface area contributed by atoms with Crippen molar-refractivity contribution in [1.82, 2.24) is 10.0 Å². The lowest BCUT2D eigenvalue weighted by molar-refractivity contribution is -0.219. The number of hydroxylamine groups is 2. The number of carbonyl (C=O) groups is 1. The molecule has 0 aromatic carbocycles. The van der Waals surface area contributed by atoms with Crippen molar-refractivity contribution < 1.29 is 19.5 Å². The van der Waals surface area contributed by atoms with Crippen LogP contribution in [0, 0.1) is 0 Å². The van der Waals surface area contributed by atoms with E-state index < -0.39 is 17.3 Å². The predicted octanol–water partition coefficient (Wildman–Crippen LogP) is 2.60. The number of ether oxygens (including phenoxy) is 1. The summed E-state index contributed by atoms with van der Waals surface area (Å²) in [5.41, 5.74) is -1.21. The number of hydrogen-bond donors (Lipinski definition) is 1. The topological polar surface area (TPSA) is 71.9 Å². The molecule has 7 heteroatoms. The van der Waals surface area contributed by atoms with Gasteiger partial charge in [-0.3, -0.25) is 4.84 Å². The summed E-state index contributed by atoms with van der Waals surface area (Å²) < 4.78 is 5.81. The van der Waals surface area contributed by atoms with Gasteiger partial charge in [-0.2, -0.15) is 5.06 Å². The average Bonchev–Trinajstić information content (AvgIpc) is 2.37. The van der Waals surface area contributed by atoms with Crippen molar-refractivity contribution in [3.8, 4) is 0 Å². The van der Waals surface area contributed by atoms with Crippen LogP contribution in [0.4, 0.5) is 4.79 Å². The lowest BCUT2D eigenvalue weighted by Crippen LogP contribution is -2.50. The molecule has 116 valence electrons. The Morgan fingerprint density at radius 2 is 2.29 bits per heavy atom. The van der Waals surface area contributed by atoms with E-state index in [-0.39, 0.29) is 13.2 Å². The Labute approximate surface area is 132 Å². The van der Waals surface area contributed by atoms with Crippen LogP contribution in [0.1, 0.15) is 32.8 Å². The molecule has 0 bridgehead atoms. The molecule has 1 aromatic heterocycles. The summed E-state index contributed by atoms with van der Waals surface area (Å²) in [7, 11) is 0. The Hall–Kier alpha value is -1.18. The summed E-state index contributed by atoms with van der Waals surface area (Å²) in [6.07, 6.45) is 1.39. The second kappa shape index (κ2) is 5.90. The van der Waals surface area contributed by atoms with Gasteiger partial charge in [0, 0.05) is 18.2 Å². The smallest absolute Gasteiger partial charge is 0.434 e. The zero-order chi connectivity index (χ0) is 15.7. The summed E-state index contributed by atoms with van der Waals surface area (Å²) in [5, 5.41) is 11.9. The molecule has 2 rings (SSSR count). The molecule has 0 radical (unpaired) electrons. The van der Waals surface area contributed by atoms with E-state index in [1.54, 1.807) is 39.1 Å². The van der Waals surface area contributed by atoms with Gasteiger partial charge in [-0.25, -0.2) is 9.78 Å². The third kappa shape index (κ3) is 3.93. The van der Waals surface area contributed by atoms with Crippen LogP contribution in [-0.4, -0.2) is 40.0 Å². The molecule has 1 saturated heterocycles. The predicted molar refractivity (Wildman–Crippen MR) is 79.3 cm³/mol. The van der Waals surface area contributed by atoms with E-state index in [4.69, 9.17) is 9.57 Å². The third-order valence-corrected chi connectivity index (χ3v) is 3.66. The van der Waals surface area contributed by atoms with Gasteiger partial charge in [0.1, 0.15) is 15.8 Å². The highest BCUT2D eigenvalue weighted by Crippen LogP contribution is 2.34. The number of amides is 1. The molecular weight excluding hydrogens is 340 g/mol. The van der Waals surface area contributed by atoms with Gasteiger partial charge in [-0.15, -0.1) is 0 Å². The SMILES string of the molecule is CC(C)(C)OC(=O)N1CC(O)(c2cccnc2Br)CCO1. The van der Waals surface area contributed by atoms with Crippen molar-refractivity contribution in [2.24, 2.45) is 0 Å². The highest BCUT2D eigenvalue weighted by molar-refractivity contribution is 9.10. The lowest BCUT2D eigenvalue weighted by atomic mass is 9.91. The fourth-order valence-corrected chi connectivity index (χ4v) is 2.69. The Balaban J connectivity index is 2.17. The van der Waals surface area contributed by atoms with Gasteiger partial charge in [0.05, 0.1) is 13.2 Å². The van der Waals surface area contributed by atoms with Gasteiger partial charge >= 0.3 is 6.09 Å². The first-order valence-corrected chi connectivity index (χ1v) is 7.47. The summed E-state index contributed by atoms with van der Waals surface area (Å²) in [6.45, 7) is 5.54. The molecular formula is C14H19BrN2O4. The molecule has 1 amide bonds. The van der Waals surface area contributed by atoms with Crippen molar-refractivity contribution in [3.05, 3.63) is 28.5 Å². The van der Waals surface area contributed by atoms with Crippen LogP contribution in [0.25, 0.3) is 0 Å². The Morgan fingerprint density at radius 1 is 1.57 bits per heavy atom. The molecule has 1 aliphatic rings.